The molecule has 2 heterocycles. The lowest BCUT2D eigenvalue weighted by atomic mass is 10.1. The maximum atomic E-state index is 5.72. The second-order valence-corrected chi connectivity index (χ2v) is 5.97. The molecule has 0 aliphatic heterocycles. The number of unbranched alkanes of at least 4 members (excludes halogenated alkanes) is 1. The number of aryl methyl sites for hydroxylation is 1. The number of aromatic nitrogens is 3. The SMILES string of the molecule is CCCCn1cc(-c2ccnc(N)n2)c2cc(Br)ccc21.Cl. The molecule has 0 bridgehead atoms. The van der Waals surface area contributed by atoms with Crippen LogP contribution < -0.4 is 5.73 Å². The van der Waals surface area contributed by atoms with Crippen molar-refractivity contribution >= 4 is 45.2 Å². The third-order valence-corrected chi connectivity index (χ3v) is 4.04. The molecule has 0 spiro atoms. The maximum absolute atomic E-state index is 5.72. The molecule has 1 aromatic carbocycles. The molecule has 22 heavy (non-hydrogen) atoms. The van der Waals surface area contributed by atoms with E-state index in [4.69, 9.17) is 5.73 Å². The van der Waals surface area contributed by atoms with Gasteiger partial charge in [0.15, 0.2) is 0 Å². The second kappa shape index (κ2) is 7.11. The van der Waals surface area contributed by atoms with Gasteiger partial charge in [0.1, 0.15) is 0 Å². The first-order chi connectivity index (χ1) is 10.2. The normalized spacial score (nSPS) is 10.6. The summed E-state index contributed by atoms with van der Waals surface area (Å²) < 4.78 is 3.35. The minimum atomic E-state index is 0. The number of hydrogen-bond donors (Lipinski definition) is 1. The molecule has 0 radical (unpaired) electrons. The van der Waals surface area contributed by atoms with E-state index in [-0.39, 0.29) is 12.4 Å². The van der Waals surface area contributed by atoms with Gasteiger partial charge in [-0.05, 0) is 30.7 Å². The quantitative estimate of drug-likeness (QED) is 0.714. The molecule has 0 aliphatic rings. The zero-order valence-electron chi connectivity index (χ0n) is 12.3. The molecular formula is C16H18BrClN4. The topological polar surface area (TPSA) is 56.7 Å². The summed E-state index contributed by atoms with van der Waals surface area (Å²) in [6.07, 6.45) is 6.19. The van der Waals surface area contributed by atoms with Gasteiger partial charge in [0.2, 0.25) is 5.95 Å². The Kier molecular flexibility index (Phi) is 5.42. The van der Waals surface area contributed by atoms with Gasteiger partial charge in [0, 0.05) is 39.9 Å². The van der Waals surface area contributed by atoms with Gasteiger partial charge in [-0.1, -0.05) is 29.3 Å². The standard InChI is InChI=1S/C16H17BrN4.ClH/c1-2-3-8-21-10-13(14-6-7-19-16(18)20-14)12-9-11(17)4-5-15(12)21;/h4-7,9-10H,2-3,8H2,1H3,(H2,18,19,20);1H. The molecule has 3 rings (SSSR count). The van der Waals surface area contributed by atoms with Crippen LogP contribution in [0.3, 0.4) is 0 Å². The summed E-state index contributed by atoms with van der Waals surface area (Å²) >= 11 is 3.55. The molecule has 0 saturated heterocycles. The highest BCUT2D eigenvalue weighted by molar-refractivity contribution is 9.10. The maximum Gasteiger partial charge on any atom is 0.220 e. The molecule has 4 nitrogen and oxygen atoms in total. The third kappa shape index (κ3) is 3.25. The number of halogens is 2. The number of fused-ring (bicyclic) bond motifs is 1. The fraction of sp³-hybridized carbons (Fsp3) is 0.250. The Morgan fingerprint density at radius 2 is 2.09 bits per heavy atom. The van der Waals surface area contributed by atoms with Crippen molar-refractivity contribution in [2.45, 2.75) is 26.3 Å². The van der Waals surface area contributed by atoms with E-state index in [9.17, 15) is 0 Å². The van der Waals surface area contributed by atoms with Crippen LogP contribution in [0.4, 0.5) is 5.95 Å². The number of nitrogens with zero attached hydrogens (tertiary/aromatic N) is 3. The molecule has 0 fully saturated rings. The van der Waals surface area contributed by atoms with Crippen molar-refractivity contribution in [3.05, 3.63) is 41.1 Å². The summed E-state index contributed by atoms with van der Waals surface area (Å²) in [5, 5.41) is 1.18. The first kappa shape index (κ1) is 16.8. The molecule has 3 aromatic rings. The Morgan fingerprint density at radius 1 is 1.27 bits per heavy atom. The summed E-state index contributed by atoms with van der Waals surface area (Å²) in [6, 6.07) is 8.24. The van der Waals surface area contributed by atoms with Gasteiger partial charge < -0.3 is 10.3 Å². The van der Waals surface area contributed by atoms with Crippen molar-refractivity contribution in [2.75, 3.05) is 5.73 Å². The largest absolute Gasteiger partial charge is 0.368 e. The molecule has 2 N–H and O–H groups in total. The fourth-order valence-corrected chi connectivity index (χ4v) is 2.87. The van der Waals surface area contributed by atoms with Gasteiger partial charge in [-0.2, -0.15) is 0 Å². The number of nitrogen functional groups attached to an aromatic ring is 1. The highest BCUT2D eigenvalue weighted by Crippen LogP contribution is 2.32. The number of rotatable bonds is 4. The lowest BCUT2D eigenvalue weighted by molar-refractivity contribution is 0.650. The summed E-state index contributed by atoms with van der Waals surface area (Å²) in [6.45, 7) is 3.21. The van der Waals surface area contributed by atoms with Crippen LogP contribution in [-0.4, -0.2) is 14.5 Å². The highest BCUT2D eigenvalue weighted by Gasteiger charge is 2.12. The van der Waals surface area contributed by atoms with Crippen LogP contribution in [0.15, 0.2) is 41.1 Å². The summed E-state index contributed by atoms with van der Waals surface area (Å²) in [4.78, 5) is 8.32. The first-order valence-corrected chi connectivity index (χ1v) is 7.85. The Morgan fingerprint density at radius 3 is 2.82 bits per heavy atom. The number of anilines is 1. The third-order valence-electron chi connectivity index (χ3n) is 3.55. The van der Waals surface area contributed by atoms with Gasteiger partial charge >= 0.3 is 0 Å². The minimum absolute atomic E-state index is 0. The van der Waals surface area contributed by atoms with Gasteiger partial charge in [-0.15, -0.1) is 12.4 Å². The van der Waals surface area contributed by atoms with Crippen LogP contribution in [0, 0.1) is 0 Å². The average Bonchev–Trinajstić information content (AvgIpc) is 2.83. The van der Waals surface area contributed by atoms with Gasteiger partial charge in [0.05, 0.1) is 5.69 Å². The van der Waals surface area contributed by atoms with Gasteiger partial charge in [-0.3, -0.25) is 0 Å². The Labute approximate surface area is 144 Å². The van der Waals surface area contributed by atoms with Crippen LogP contribution in [0.25, 0.3) is 22.2 Å². The fourth-order valence-electron chi connectivity index (χ4n) is 2.51. The van der Waals surface area contributed by atoms with E-state index in [1.54, 1.807) is 6.20 Å². The minimum Gasteiger partial charge on any atom is -0.368 e. The van der Waals surface area contributed by atoms with E-state index in [0.29, 0.717) is 5.95 Å². The van der Waals surface area contributed by atoms with E-state index in [1.165, 1.54) is 17.3 Å². The zero-order valence-corrected chi connectivity index (χ0v) is 14.7. The van der Waals surface area contributed by atoms with Crippen LogP contribution in [0.1, 0.15) is 19.8 Å². The molecule has 0 unspecified atom stereocenters. The molecule has 116 valence electrons. The summed E-state index contributed by atoms with van der Waals surface area (Å²) in [5.74, 6) is 0.303. The van der Waals surface area contributed by atoms with E-state index >= 15 is 0 Å². The Bertz CT molecular complexity index is 785. The predicted octanol–water partition coefficient (Wildman–Crippen LogP) is 4.66. The van der Waals surface area contributed by atoms with Gasteiger partial charge in [0.25, 0.3) is 0 Å². The van der Waals surface area contributed by atoms with Crippen molar-refractivity contribution in [2.24, 2.45) is 0 Å². The van der Waals surface area contributed by atoms with Crippen molar-refractivity contribution in [1.82, 2.24) is 14.5 Å². The predicted molar refractivity (Wildman–Crippen MR) is 97.2 cm³/mol. The Hall–Kier alpha value is -1.59. The molecule has 0 amide bonds. The molecule has 6 heteroatoms. The lowest BCUT2D eigenvalue weighted by Crippen LogP contribution is -1.95. The van der Waals surface area contributed by atoms with Crippen LogP contribution in [0.2, 0.25) is 0 Å². The lowest BCUT2D eigenvalue weighted by Gasteiger charge is -2.03. The van der Waals surface area contributed by atoms with E-state index in [1.807, 2.05) is 6.07 Å². The zero-order chi connectivity index (χ0) is 14.8. The number of benzene rings is 1. The number of hydrogen-bond acceptors (Lipinski definition) is 3. The van der Waals surface area contributed by atoms with E-state index in [0.717, 1.165) is 28.7 Å². The van der Waals surface area contributed by atoms with Crippen molar-refractivity contribution in [1.29, 1.82) is 0 Å². The van der Waals surface area contributed by atoms with E-state index in [2.05, 4.69) is 61.8 Å². The first-order valence-electron chi connectivity index (χ1n) is 7.06. The van der Waals surface area contributed by atoms with E-state index < -0.39 is 0 Å². The molecular weight excluding hydrogens is 364 g/mol. The summed E-state index contributed by atoms with van der Waals surface area (Å²) in [7, 11) is 0. The van der Waals surface area contributed by atoms with Gasteiger partial charge in [-0.25, -0.2) is 9.97 Å². The van der Waals surface area contributed by atoms with Crippen molar-refractivity contribution < 1.29 is 0 Å². The van der Waals surface area contributed by atoms with Crippen LogP contribution in [0.5, 0.6) is 0 Å². The highest BCUT2D eigenvalue weighted by atomic mass is 79.9. The smallest absolute Gasteiger partial charge is 0.220 e. The van der Waals surface area contributed by atoms with Crippen molar-refractivity contribution in [3.8, 4) is 11.3 Å². The average molecular weight is 382 g/mol. The van der Waals surface area contributed by atoms with Crippen molar-refractivity contribution in [3.63, 3.8) is 0 Å². The number of nitrogens with two attached hydrogens (primary N) is 1. The second-order valence-electron chi connectivity index (χ2n) is 5.05. The van der Waals surface area contributed by atoms with Crippen LogP contribution in [-0.2, 0) is 6.54 Å². The molecule has 0 saturated carbocycles. The monoisotopic (exact) mass is 380 g/mol. The Balaban J connectivity index is 0.00000176. The molecule has 0 atom stereocenters. The summed E-state index contributed by atoms with van der Waals surface area (Å²) in [5.41, 5.74) is 8.90. The molecule has 2 aromatic heterocycles. The molecule has 0 aliphatic carbocycles. The van der Waals surface area contributed by atoms with Crippen LogP contribution >= 0.6 is 28.3 Å².